The molecule has 0 amide bonds. The quantitative estimate of drug-likeness (QED) is 0.191. The SMILES string of the molecule is c1ccc(-c2nc(-c3ccccc3)nc(-c3cccc(-c4cccc5c(-c6ncc7c(n6)sc6ccccc67)nccc45)c3)n2)cc1. The third-order valence-electron chi connectivity index (χ3n) is 8.29. The Morgan fingerprint density at radius 1 is 0.404 bits per heavy atom. The third-order valence-corrected chi connectivity index (χ3v) is 9.37. The summed E-state index contributed by atoms with van der Waals surface area (Å²) in [5.41, 5.74) is 5.68. The van der Waals surface area contributed by atoms with E-state index in [4.69, 9.17) is 29.9 Å². The molecule has 5 aromatic carbocycles. The summed E-state index contributed by atoms with van der Waals surface area (Å²) in [5.74, 6) is 2.51. The van der Waals surface area contributed by atoms with Gasteiger partial charge in [-0.1, -0.05) is 115 Å². The number of pyridine rings is 1. The molecule has 9 rings (SSSR count). The highest BCUT2D eigenvalue weighted by Gasteiger charge is 2.16. The molecule has 4 heterocycles. The summed E-state index contributed by atoms with van der Waals surface area (Å²) in [6, 6.07) is 45.1. The molecule has 6 nitrogen and oxygen atoms in total. The van der Waals surface area contributed by atoms with Crippen LogP contribution in [0.25, 0.3) is 87.9 Å². The lowest BCUT2D eigenvalue weighted by atomic mass is 9.96. The molecule has 47 heavy (non-hydrogen) atoms. The Balaban J connectivity index is 1.16. The summed E-state index contributed by atoms with van der Waals surface area (Å²) < 4.78 is 1.20. The highest BCUT2D eigenvalue weighted by atomic mass is 32.1. The number of nitrogens with zero attached hydrogens (tertiary/aromatic N) is 6. The Morgan fingerprint density at radius 2 is 1.02 bits per heavy atom. The molecule has 4 aromatic heterocycles. The lowest BCUT2D eigenvalue weighted by Gasteiger charge is -2.12. The van der Waals surface area contributed by atoms with Gasteiger partial charge in [-0.2, -0.15) is 0 Å². The Labute approximate surface area is 274 Å². The number of hydrogen-bond donors (Lipinski definition) is 0. The monoisotopic (exact) mass is 620 g/mol. The standard InChI is InChI=1S/C40H24N6S/c1-3-11-25(12-4-1)36-43-37(26-13-5-2-6-14-26)45-38(44-36)28-16-9-15-27(23-28)29-18-10-19-32-30(29)21-22-41-35(32)39-42-24-33-31-17-7-8-20-34(31)47-40(33)46-39/h1-24H. The van der Waals surface area contributed by atoms with Gasteiger partial charge in [-0.05, 0) is 34.7 Å². The average molecular weight is 621 g/mol. The smallest absolute Gasteiger partial charge is 0.180 e. The predicted molar refractivity (Wildman–Crippen MR) is 191 cm³/mol. The maximum Gasteiger partial charge on any atom is 0.180 e. The first-order chi connectivity index (χ1) is 23.3. The van der Waals surface area contributed by atoms with Crippen LogP contribution in [0, 0.1) is 0 Å². The van der Waals surface area contributed by atoms with Crippen molar-refractivity contribution in [1.82, 2.24) is 29.9 Å². The van der Waals surface area contributed by atoms with Crippen molar-refractivity contribution in [3.8, 4) is 56.8 Å². The van der Waals surface area contributed by atoms with E-state index in [1.165, 1.54) is 10.1 Å². The largest absolute Gasteiger partial charge is 0.252 e. The molecule has 0 unspecified atom stereocenters. The summed E-state index contributed by atoms with van der Waals surface area (Å²) in [4.78, 5) is 30.2. The lowest BCUT2D eigenvalue weighted by molar-refractivity contribution is 1.07. The number of thiophene rings is 1. The summed E-state index contributed by atoms with van der Waals surface area (Å²) >= 11 is 1.68. The van der Waals surface area contributed by atoms with E-state index in [0.29, 0.717) is 23.3 Å². The molecule has 0 saturated heterocycles. The van der Waals surface area contributed by atoms with Gasteiger partial charge >= 0.3 is 0 Å². The second kappa shape index (κ2) is 11.3. The zero-order valence-corrected chi connectivity index (χ0v) is 25.8. The summed E-state index contributed by atoms with van der Waals surface area (Å²) in [5, 5.41) is 4.31. The van der Waals surface area contributed by atoms with E-state index < -0.39 is 0 Å². The fourth-order valence-electron chi connectivity index (χ4n) is 6.03. The molecule has 0 bridgehead atoms. The van der Waals surface area contributed by atoms with E-state index in [1.807, 2.05) is 73.1 Å². The summed E-state index contributed by atoms with van der Waals surface area (Å²) in [6.45, 7) is 0. The van der Waals surface area contributed by atoms with Crippen LogP contribution < -0.4 is 0 Å². The number of fused-ring (bicyclic) bond motifs is 4. The minimum Gasteiger partial charge on any atom is -0.252 e. The summed E-state index contributed by atoms with van der Waals surface area (Å²) in [6.07, 6.45) is 3.76. The first kappa shape index (κ1) is 27.2. The van der Waals surface area contributed by atoms with Gasteiger partial charge < -0.3 is 0 Å². The Morgan fingerprint density at radius 3 is 1.79 bits per heavy atom. The first-order valence-electron chi connectivity index (χ1n) is 15.3. The summed E-state index contributed by atoms with van der Waals surface area (Å²) in [7, 11) is 0. The molecular weight excluding hydrogens is 597 g/mol. The maximum atomic E-state index is 4.98. The van der Waals surface area contributed by atoms with Crippen LogP contribution in [0.3, 0.4) is 0 Å². The lowest BCUT2D eigenvalue weighted by Crippen LogP contribution is -2.00. The van der Waals surface area contributed by atoms with Gasteiger partial charge in [0, 0.05) is 49.9 Å². The molecule has 0 aliphatic carbocycles. The van der Waals surface area contributed by atoms with Gasteiger partial charge in [-0.15, -0.1) is 11.3 Å². The third kappa shape index (κ3) is 4.90. The van der Waals surface area contributed by atoms with Gasteiger partial charge in [0.2, 0.25) is 0 Å². The van der Waals surface area contributed by atoms with Crippen LogP contribution in [-0.2, 0) is 0 Å². The normalized spacial score (nSPS) is 11.4. The molecule has 0 aliphatic rings. The zero-order valence-electron chi connectivity index (χ0n) is 24.9. The molecule has 0 fully saturated rings. The minimum atomic E-state index is 0.618. The molecule has 0 atom stereocenters. The van der Waals surface area contributed by atoms with Crippen LogP contribution in [0.5, 0.6) is 0 Å². The van der Waals surface area contributed by atoms with Crippen molar-refractivity contribution >= 4 is 42.4 Å². The molecular formula is C40H24N6S. The highest BCUT2D eigenvalue weighted by Crippen LogP contribution is 2.37. The fourth-order valence-corrected chi connectivity index (χ4v) is 7.07. The van der Waals surface area contributed by atoms with Crippen molar-refractivity contribution in [2.75, 3.05) is 0 Å². The van der Waals surface area contributed by atoms with Crippen LogP contribution >= 0.6 is 11.3 Å². The molecule has 0 spiro atoms. The highest BCUT2D eigenvalue weighted by molar-refractivity contribution is 7.25. The van der Waals surface area contributed by atoms with Gasteiger partial charge in [0.05, 0.1) is 0 Å². The average Bonchev–Trinajstić information content (AvgIpc) is 3.53. The Hall–Kier alpha value is -6.18. The van der Waals surface area contributed by atoms with E-state index in [2.05, 4.69) is 72.8 Å². The van der Waals surface area contributed by atoms with E-state index in [9.17, 15) is 0 Å². The van der Waals surface area contributed by atoms with Gasteiger partial charge in [0.15, 0.2) is 23.3 Å². The minimum absolute atomic E-state index is 0.618. The van der Waals surface area contributed by atoms with E-state index in [0.717, 1.165) is 54.5 Å². The van der Waals surface area contributed by atoms with Crippen molar-refractivity contribution < 1.29 is 0 Å². The van der Waals surface area contributed by atoms with Crippen LogP contribution in [0.2, 0.25) is 0 Å². The van der Waals surface area contributed by atoms with E-state index in [-0.39, 0.29) is 0 Å². The molecule has 0 N–H and O–H groups in total. The second-order valence-corrected chi connectivity index (χ2v) is 12.2. The van der Waals surface area contributed by atoms with Crippen LogP contribution in [0.15, 0.2) is 146 Å². The van der Waals surface area contributed by atoms with Crippen molar-refractivity contribution in [2.24, 2.45) is 0 Å². The Kier molecular flexibility index (Phi) is 6.54. The van der Waals surface area contributed by atoms with Crippen molar-refractivity contribution in [3.05, 3.63) is 146 Å². The van der Waals surface area contributed by atoms with Crippen LogP contribution in [0.1, 0.15) is 0 Å². The van der Waals surface area contributed by atoms with Crippen molar-refractivity contribution in [2.45, 2.75) is 0 Å². The van der Waals surface area contributed by atoms with Gasteiger partial charge in [-0.25, -0.2) is 24.9 Å². The van der Waals surface area contributed by atoms with Crippen LogP contribution in [-0.4, -0.2) is 29.9 Å². The van der Waals surface area contributed by atoms with Crippen molar-refractivity contribution in [1.29, 1.82) is 0 Å². The number of rotatable bonds is 5. The number of benzene rings is 5. The zero-order chi connectivity index (χ0) is 31.2. The first-order valence-corrected chi connectivity index (χ1v) is 16.1. The van der Waals surface area contributed by atoms with E-state index in [1.54, 1.807) is 11.3 Å². The Bertz CT molecular complexity index is 2520. The number of aromatic nitrogens is 6. The molecule has 0 radical (unpaired) electrons. The molecule has 9 aromatic rings. The van der Waals surface area contributed by atoms with Gasteiger partial charge in [0.25, 0.3) is 0 Å². The fraction of sp³-hybridized carbons (Fsp3) is 0. The van der Waals surface area contributed by atoms with Gasteiger partial charge in [-0.3, -0.25) is 4.98 Å². The molecule has 7 heteroatoms. The molecule has 220 valence electrons. The maximum absolute atomic E-state index is 4.98. The predicted octanol–water partition coefficient (Wildman–Crippen LogP) is 9.91. The van der Waals surface area contributed by atoms with Gasteiger partial charge in [0.1, 0.15) is 10.5 Å². The van der Waals surface area contributed by atoms with Crippen LogP contribution in [0.4, 0.5) is 0 Å². The van der Waals surface area contributed by atoms with Crippen molar-refractivity contribution in [3.63, 3.8) is 0 Å². The number of hydrogen-bond acceptors (Lipinski definition) is 7. The topological polar surface area (TPSA) is 77.3 Å². The second-order valence-electron chi connectivity index (χ2n) is 11.2. The molecule has 0 aliphatic heterocycles. The van der Waals surface area contributed by atoms with E-state index >= 15 is 0 Å². The molecule has 0 saturated carbocycles.